The normalized spacial score (nSPS) is 20.9. The molecule has 4 atom stereocenters. The molecule has 0 saturated carbocycles. The van der Waals surface area contributed by atoms with Gasteiger partial charge in [-0.25, -0.2) is 4.79 Å². The van der Waals surface area contributed by atoms with E-state index in [2.05, 4.69) is 16.0 Å². The third-order valence-electron chi connectivity index (χ3n) is 4.42. The van der Waals surface area contributed by atoms with Crippen LogP contribution in [0.25, 0.3) is 0 Å². The molecule has 1 heterocycles. The van der Waals surface area contributed by atoms with E-state index in [1.165, 1.54) is 0 Å². The standard InChI is InChI=1S/C17H32N4O5/c1-3-11(2)12(21-16(23)13-14(26-13)17(24)25)15(22)20-10-5-4-8-19-9-6-7-18/h11-14,19H,3-10,18H2,1-2H3,(H,20,22)(H,21,23)(H,24,25)/t11-,12-,13-,14-/m0/s1. The minimum atomic E-state index is -1.17. The summed E-state index contributed by atoms with van der Waals surface area (Å²) in [4.78, 5) is 35.2. The van der Waals surface area contributed by atoms with Gasteiger partial charge in [0.15, 0.2) is 12.2 Å². The Hall–Kier alpha value is -1.71. The Morgan fingerprint density at radius 1 is 1.12 bits per heavy atom. The second-order valence-electron chi connectivity index (χ2n) is 6.58. The molecule has 1 saturated heterocycles. The van der Waals surface area contributed by atoms with Crippen LogP contribution < -0.4 is 21.7 Å². The summed E-state index contributed by atoms with van der Waals surface area (Å²) in [5.41, 5.74) is 5.41. The first-order valence-corrected chi connectivity index (χ1v) is 9.29. The number of unbranched alkanes of at least 4 members (excludes halogenated alkanes) is 1. The molecule has 1 aliphatic rings. The molecule has 26 heavy (non-hydrogen) atoms. The highest BCUT2D eigenvalue weighted by Crippen LogP contribution is 2.23. The summed E-state index contributed by atoms with van der Waals surface area (Å²) in [6, 6.07) is -0.700. The number of carboxylic acid groups (broad SMARTS) is 1. The minimum absolute atomic E-state index is 0.0705. The second-order valence-corrected chi connectivity index (χ2v) is 6.58. The Morgan fingerprint density at radius 3 is 2.35 bits per heavy atom. The highest BCUT2D eigenvalue weighted by atomic mass is 16.6. The van der Waals surface area contributed by atoms with Crippen LogP contribution in [-0.2, 0) is 19.1 Å². The van der Waals surface area contributed by atoms with Crippen molar-refractivity contribution in [3.63, 3.8) is 0 Å². The van der Waals surface area contributed by atoms with Gasteiger partial charge >= 0.3 is 5.97 Å². The van der Waals surface area contributed by atoms with E-state index < -0.39 is 30.1 Å². The van der Waals surface area contributed by atoms with Crippen molar-refractivity contribution in [1.82, 2.24) is 16.0 Å². The van der Waals surface area contributed by atoms with Crippen LogP contribution in [0.5, 0.6) is 0 Å². The molecular weight excluding hydrogens is 340 g/mol. The fourth-order valence-electron chi connectivity index (χ4n) is 2.49. The Balaban J connectivity index is 2.32. The zero-order chi connectivity index (χ0) is 19.5. The molecule has 2 amide bonds. The zero-order valence-corrected chi connectivity index (χ0v) is 15.6. The Bertz CT molecular complexity index is 474. The molecule has 0 aromatic carbocycles. The van der Waals surface area contributed by atoms with Crippen molar-refractivity contribution in [3.8, 4) is 0 Å². The van der Waals surface area contributed by atoms with Gasteiger partial charge in [-0.15, -0.1) is 0 Å². The zero-order valence-electron chi connectivity index (χ0n) is 15.6. The first kappa shape index (κ1) is 22.3. The van der Waals surface area contributed by atoms with Crippen molar-refractivity contribution in [2.45, 2.75) is 57.8 Å². The molecule has 150 valence electrons. The van der Waals surface area contributed by atoms with Gasteiger partial charge in [-0.05, 0) is 44.8 Å². The molecule has 9 heteroatoms. The lowest BCUT2D eigenvalue weighted by atomic mass is 9.98. The van der Waals surface area contributed by atoms with Crippen LogP contribution in [0.15, 0.2) is 0 Å². The highest BCUT2D eigenvalue weighted by molar-refractivity contribution is 5.95. The number of nitrogens with two attached hydrogens (primary N) is 1. The van der Waals surface area contributed by atoms with Gasteiger partial charge in [-0.1, -0.05) is 20.3 Å². The van der Waals surface area contributed by atoms with Crippen molar-refractivity contribution in [3.05, 3.63) is 0 Å². The number of ether oxygens (including phenoxy) is 1. The van der Waals surface area contributed by atoms with Crippen molar-refractivity contribution < 1.29 is 24.2 Å². The maximum atomic E-state index is 12.4. The molecule has 1 aliphatic heterocycles. The van der Waals surface area contributed by atoms with Crippen LogP contribution in [-0.4, -0.2) is 67.3 Å². The molecule has 0 aromatic heterocycles. The average molecular weight is 372 g/mol. The summed E-state index contributed by atoms with van der Waals surface area (Å²) in [5.74, 6) is -2.05. The third kappa shape index (κ3) is 7.67. The molecule has 0 unspecified atom stereocenters. The van der Waals surface area contributed by atoms with E-state index in [-0.39, 0.29) is 11.8 Å². The smallest absolute Gasteiger partial charge is 0.336 e. The summed E-state index contributed by atoms with van der Waals surface area (Å²) >= 11 is 0. The minimum Gasteiger partial charge on any atom is -0.479 e. The van der Waals surface area contributed by atoms with Gasteiger partial charge in [-0.2, -0.15) is 0 Å². The Labute approximate surface area is 154 Å². The van der Waals surface area contributed by atoms with Gasteiger partial charge in [0.05, 0.1) is 0 Å². The van der Waals surface area contributed by atoms with Crippen molar-refractivity contribution >= 4 is 17.8 Å². The second kappa shape index (κ2) is 11.8. The quantitative estimate of drug-likeness (QED) is 0.198. The maximum absolute atomic E-state index is 12.4. The molecule has 0 aliphatic carbocycles. The third-order valence-corrected chi connectivity index (χ3v) is 4.42. The SMILES string of the molecule is CC[C@H](C)[C@H](NC(=O)[C@H]1O[C@@H]1C(=O)O)C(=O)NCCCCNCCCN. The summed E-state index contributed by atoms with van der Waals surface area (Å²) in [6.07, 6.45) is 1.29. The Morgan fingerprint density at radius 2 is 1.77 bits per heavy atom. The summed E-state index contributed by atoms with van der Waals surface area (Å²) in [6.45, 7) is 6.76. The molecule has 0 aromatic rings. The van der Waals surface area contributed by atoms with Crippen molar-refractivity contribution in [2.24, 2.45) is 11.7 Å². The van der Waals surface area contributed by atoms with Gasteiger partial charge in [0.25, 0.3) is 5.91 Å². The maximum Gasteiger partial charge on any atom is 0.336 e. The van der Waals surface area contributed by atoms with E-state index >= 15 is 0 Å². The molecule has 0 spiro atoms. The van der Waals surface area contributed by atoms with Crippen molar-refractivity contribution in [1.29, 1.82) is 0 Å². The number of amides is 2. The molecule has 1 rings (SSSR count). The van der Waals surface area contributed by atoms with Gasteiger partial charge in [-0.3, -0.25) is 9.59 Å². The summed E-state index contributed by atoms with van der Waals surface area (Å²) in [7, 11) is 0. The van der Waals surface area contributed by atoms with Crippen LogP contribution >= 0.6 is 0 Å². The number of epoxide rings is 1. The fourth-order valence-corrected chi connectivity index (χ4v) is 2.49. The lowest BCUT2D eigenvalue weighted by molar-refractivity contribution is -0.138. The lowest BCUT2D eigenvalue weighted by Crippen LogP contribution is -2.51. The number of hydrogen-bond acceptors (Lipinski definition) is 6. The average Bonchev–Trinajstić information content (AvgIpc) is 3.42. The van der Waals surface area contributed by atoms with Gasteiger partial charge in [0.1, 0.15) is 6.04 Å². The number of carboxylic acids is 1. The molecule has 1 fully saturated rings. The van der Waals surface area contributed by atoms with Gasteiger partial charge in [0.2, 0.25) is 5.91 Å². The number of aliphatic carboxylic acids is 1. The van der Waals surface area contributed by atoms with Crippen LogP contribution in [0.2, 0.25) is 0 Å². The number of carbonyl (C=O) groups excluding carboxylic acids is 2. The predicted molar refractivity (Wildman–Crippen MR) is 96.5 cm³/mol. The van der Waals surface area contributed by atoms with E-state index in [0.29, 0.717) is 19.5 Å². The molecule has 0 bridgehead atoms. The lowest BCUT2D eigenvalue weighted by Gasteiger charge is -2.23. The predicted octanol–water partition coefficient (Wildman–Crippen LogP) is -0.796. The van der Waals surface area contributed by atoms with E-state index in [9.17, 15) is 14.4 Å². The van der Waals surface area contributed by atoms with E-state index in [1.54, 1.807) is 0 Å². The van der Waals surface area contributed by atoms with Gasteiger partial charge < -0.3 is 31.5 Å². The summed E-state index contributed by atoms with van der Waals surface area (Å²) < 4.78 is 4.83. The van der Waals surface area contributed by atoms with Crippen molar-refractivity contribution in [2.75, 3.05) is 26.2 Å². The highest BCUT2D eigenvalue weighted by Gasteiger charge is 2.51. The van der Waals surface area contributed by atoms with Gasteiger partial charge in [0, 0.05) is 6.54 Å². The number of nitrogens with one attached hydrogen (secondary N) is 3. The van der Waals surface area contributed by atoms with Crippen LogP contribution in [0.3, 0.4) is 0 Å². The summed E-state index contributed by atoms with van der Waals surface area (Å²) in [5, 5.41) is 17.5. The fraction of sp³-hybridized carbons (Fsp3) is 0.824. The topological polar surface area (TPSA) is 146 Å². The van der Waals surface area contributed by atoms with Crippen LogP contribution in [0, 0.1) is 5.92 Å². The molecule has 0 radical (unpaired) electrons. The van der Waals surface area contributed by atoms with E-state index in [4.69, 9.17) is 15.6 Å². The Kier molecular flexibility index (Phi) is 10.2. The largest absolute Gasteiger partial charge is 0.479 e. The van der Waals surface area contributed by atoms with Crippen LogP contribution in [0.1, 0.15) is 39.5 Å². The monoisotopic (exact) mass is 372 g/mol. The molecule has 6 N–H and O–H groups in total. The number of hydrogen-bond donors (Lipinski definition) is 5. The van der Waals surface area contributed by atoms with E-state index in [1.807, 2.05) is 13.8 Å². The molecular formula is C17H32N4O5. The first-order valence-electron chi connectivity index (χ1n) is 9.29. The van der Waals surface area contributed by atoms with Crippen LogP contribution in [0.4, 0.5) is 0 Å². The number of carbonyl (C=O) groups is 3. The van der Waals surface area contributed by atoms with E-state index in [0.717, 1.165) is 32.4 Å². The first-order chi connectivity index (χ1) is 12.4. The molecule has 9 nitrogen and oxygen atoms in total. The number of rotatable bonds is 14.